The topological polar surface area (TPSA) is 50.2 Å². The minimum Gasteiger partial charge on any atom is -0.362 e. The van der Waals surface area contributed by atoms with Crippen molar-refractivity contribution in [1.82, 2.24) is 14.7 Å². The summed E-state index contributed by atoms with van der Waals surface area (Å²) in [4.78, 5) is 7.80. The van der Waals surface area contributed by atoms with Gasteiger partial charge in [0.2, 0.25) is 0 Å². The van der Waals surface area contributed by atoms with E-state index in [-0.39, 0.29) is 5.92 Å². The summed E-state index contributed by atoms with van der Waals surface area (Å²) in [6.07, 6.45) is 12.9. The molecular weight excluding hydrogens is 566 g/mol. The number of nitrogens with zero attached hydrogens (tertiary/aromatic N) is 3. The summed E-state index contributed by atoms with van der Waals surface area (Å²) in [6.45, 7) is 9.68. The Bertz CT molecular complexity index is 1370. The number of rotatable bonds is 5. The summed E-state index contributed by atoms with van der Waals surface area (Å²) in [5.74, 6) is -0.832. The quantitative estimate of drug-likeness (QED) is 0.337. The first-order chi connectivity index (χ1) is 22.2. The van der Waals surface area contributed by atoms with Gasteiger partial charge >= 0.3 is 0 Å². The number of fused-ring (bicyclic) bond motifs is 3. The van der Waals surface area contributed by atoms with Crippen LogP contribution in [0.15, 0.2) is 72.8 Å². The second kappa shape index (κ2) is 14.7. The third kappa shape index (κ3) is 7.61. The standard InChI is InChI=1S/C16H24N2.C15H21N.C10H12O2/c1-17(2)16(13-18-9-5-6-10-18)11-14-7-3-4-8-15(14)12-16;1-4-8-16(9-5-1)12-13-10-14-6-2-3-7-15(14)11-13;1-7-6-8-4-2-3-5-9(8)10(7,11)12/h3-4,7-8H,5-6,9-13H2,1-2H3;2-3,6-7,13H,1,4-5,8-12H2;2-5,7,11-12H,6H2,1H3. The van der Waals surface area contributed by atoms with Gasteiger partial charge in [0.05, 0.1) is 0 Å². The van der Waals surface area contributed by atoms with Crippen LogP contribution < -0.4 is 0 Å². The maximum Gasteiger partial charge on any atom is 0.192 e. The van der Waals surface area contributed by atoms with E-state index in [1.165, 1.54) is 97.1 Å². The summed E-state index contributed by atoms with van der Waals surface area (Å²) in [7, 11) is 4.50. The van der Waals surface area contributed by atoms with Gasteiger partial charge in [-0.2, -0.15) is 0 Å². The van der Waals surface area contributed by atoms with Gasteiger partial charge in [0.15, 0.2) is 5.79 Å². The monoisotopic (exact) mass is 623 g/mol. The van der Waals surface area contributed by atoms with Crippen LogP contribution in [0.5, 0.6) is 0 Å². The van der Waals surface area contributed by atoms with Gasteiger partial charge in [-0.15, -0.1) is 0 Å². The van der Waals surface area contributed by atoms with Gasteiger partial charge in [0, 0.05) is 30.1 Å². The Kier molecular flexibility index (Phi) is 10.7. The van der Waals surface area contributed by atoms with Crippen molar-refractivity contribution in [2.24, 2.45) is 11.8 Å². The normalized spacial score (nSPS) is 23.2. The Hall–Kier alpha value is -2.54. The lowest BCUT2D eigenvalue weighted by Gasteiger charge is -2.39. The molecule has 2 heterocycles. The zero-order valence-corrected chi connectivity index (χ0v) is 28.6. The number of piperidine rings is 1. The van der Waals surface area contributed by atoms with E-state index in [0.29, 0.717) is 11.1 Å². The lowest BCUT2D eigenvalue weighted by Crippen LogP contribution is -2.53. The molecule has 0 saturated carbocycles. The molecule has 248 valence electrons. The Labute approximate surface area is 278 Å². The minimum absolute atomic E-state index is 0.102. The van der Waals surface area contributed by atoms with E-state index >= 15 is 0 Å². The molecule has 3 aromatic rings. The fourth-order valence-electron chi connectivity index (χ4n) is 8.68. The molecule has 46 heavy (non-hydrogen) atoms. The van der Waals surface area contributed by atoms with Crippen LogP contribution in [-0.4, -0.2) is 83.8 Å². The molecule has 0 spiro atoms. The van der Waals surface area contributed by atoms with Gasteiger partial charge in [0.1, 0.15) is 0 Å². The van der Waals surface area contributed by atoms with Crippen LogP contribution in [0.4, 0.5) is 0 Å². The van der Waals surface area contributed by atoms with Crippen LogP contribution in [0.25, 0.3) is 0 Å². The van der Waals surface area contributed by atoms with Crippen molar-refractivity contribution in [3.63, 3.8) is 0 Å². The Morgan fingerprint density at radius 3 is 1.65 bits per heavy atom. The van der Waals surface area contributed by atoms with Gasteiger partial charge in [-0.1, -0.05) is 86.1 Å². The molecule has 2 fully saturated rings. The predicted molar refractivity (Wildman–Crippen MR) is 189 cm³/mol. The summed E-state index contributed by atoms with van der Waals surface area (Å²) in [5, 5.41) is 19.3. The zero-order chi connectivity index (χ0) is 32.1. The van der Waals surface area contributed by atoms with E-state index < -0.39 is 5.79 Å². The lowest BCUT2D eigenvalue weighted by molar-refractivity contribution is -0.196. The molecule has 2 N–H and O–H groups in total. The highest BCUT2D eigenvalue weighted by atomic mass is 16.5. The van der Waals surface area contributed by atoms with Crippen LogP contribution >= 0.6 is 0 Å². The average molecular weight is 624 g/mol. The smallest absolute Gasteiger partial charge is 0.192 e. The molecule has 0 bridgehead atoms. The average Bonchev–Trinajstić information content (AvgIpc) is 3.84. The highest BCUT2D eigenvalue weighted by Gasteiger charge is 2.41. The molecule has 1 unspecified atom stereocenters. The van der Waals surface area contributed by atoms with Crippen LogP contribution in [0.1, 0.15) is 72.4 Å². The van der Waals surface area contributed by atoms with Crippen LogP contribution in [-0.2, 0) is 37.9 Å². The van der Waals surface area contributed by atoms with E-state index in [2.05, 4.69) is 77.3 Å². The first-order valence-electron chi connectivity index (χ1n) is 18.0. The molecule has 1 atom stereocenters. The first kappa shape index (κ1) is 33.4. The van der Waals surface area contributed by atoms with Crippen molar-refractivity contribution in [3.8, 4) is 0 Å². The van der Waals surface area contributed by atoms with E-state index in [4.69, 9.17) is 0 Å². The summed E-state index contributed by atoms with van der Waals surface area (Å²) in [5.41, 5.74) is 8.37. The molecule has 0 radical (unpaired) electrons. The van der Waals surface area contributed by atoms with Gasteiger partial charge in [-0.05, 0) is 132 Å². The van der Waals surface area contributed by atoms with Gasteiger partial charge < -0.3 is 24.9 Å². The molecular formula is C41H57N3O2. The van der Waals surface area contributed by atoms with Gasteiger partial charge in [-0.25, -0.2) is 0 Å². The predicted octanol–water partition coefficient (Wildman–Crippen LogP) is 6.08. The molecule has 8 rings (SSSR count). The van der Waals surface area contributed by atoms with E-state index in [1.54, 1.807) is 28.3 Å². The highest BCUT2D eigenvalue weighted by Crippen LogP contribution is 2.39. The molecule has 5 heteroatoms. The van der Waals surface area contributed by atoms with Crippen LogP contribution in [0.2, 0.25) is 0 Å². The number of benzene rings is 3. The Morgan fingerprint density at radius 1 is 0.630 bits per heavy atom. The molecule has 0 aromatic heterocycles. The fraction of sp³-hybridized carbons (Fsp3) is 0.561. The molecule has 3 aliphatic carbocycles. The SMILES string of the molecule is CC1Cc2ccccc2C1(O)O.CN(C)C1(CN2CCCC2)Cc2ccccc2C1.c1ccc2c(c1)CC(CN1CCCCC1)C2. The molecule has 2 saturated heterocycles. The second-order valence-electron chi connectivity index (χ2n) is 15.1. The Morgan fingerprint density at radius 2 is 1.11 bits per heavy atom. The summed E-state index contributed by atoms with van der Waals surface area (Å²) in [6, 6.07) is 25.4. The van der Waals surface area contributed by atoms with E-state index in [0.717, 1.165) is 17.9 Å². The van der Waals surface area contributed by atoms with Crippen molar-refractivity contribution >= 4 is 0 Å². The summed E-state index contributed by atoms with van der Waals surface area (Å²) >= 11 is 0. The third-order valence-corrected chi connectivity index (χ3v) is 11.6. The summed E-state index contributed by atoms with van der Waals surface area (Å²) < 4.78 is 0. The Balaban J connectivity index is 0.000000124. The first-order valence-corrected chi connectivity index (χ1v) is 18.0. The van der Waals surface area contributed by atoms with Crippen molar-refractivity contribution in [2.45, 2.75) is 82.5 Å². The van der Waals surface area contributed by atoms with Gasteiger partial charge in [0.25, 0.3) is 0 Å². The van der Waals surface area contributed by atoms with E-state index in [1.807, 2.05) is 25.1 Å². The van der Waals surface area contributed by atoms with Crippen LogP contribution in [0.3, 0.4) is 0 Å². The maximum atomic E-state index is 9.67. The molecule has 5 nitrogen and oxygen atoms in total. The highest BCUT2D eigenvalue weighted by molar-refractivity contribution is 5.37. The maximum absolute atomic E-state index is 9.67. The second-order valence-corrected chi connectivity index (χ2v) is 15.1. The van der Waals surface area contributed by atoms with Crippen LogP contribution in [0, 0.1) is 11.8 Å². The molecule has 5 aliphatic rings. The number of hydrogen-bond acceptors (Lipinski definition) is 5. The van der Waals surface area contributed by atoms with Crippen molar-refractivity contribution in [2.75, 3.05) is 53.4 Å². The molecule has 3 aromatic carbocycles. The number of hydrogen-bond donors (Lipinski definition) is 2. The molecule has 2 aliphatic heterocycles. The number of likely N-dealkylation sites (tertiary alicyclic amines) is 2. The van der Waals surface area contributed by atoms with Gasteiger partial charge in [-0.3, -0.25) is 0 Å². The van der Waals surface area contributed by atoms with Crippen molar-refractivity contribution < 1.29 is 10.2 Å². The minimum atomic E-state index is -1.61. The third-order valence-electron chi connectivity index (χ3n) is 11.6. The van der Waals surface area contributed by atoms with E-state index in [9.17, 15) is 10.2 Å². The lowest BCUT2D eigenvalue weighted by atomic mass is 9.93. The zero-order valence-electron chi connectivity index (χ0n) is 28.6. The fourth-order valence-corrected chi connectivity index (χ4v) is 8.68. The largest absolute Gasteiger partial charge is 0.362 e. The van der Waals surface area contributed by atoms with Crippen molar-refractivity contribution in [3.05, 3.63) is 106 Å². The molecule has 0 amide bonds. The van der Waals surface area contributed by atoms with Crippen molar-refractivity contribution in [1.29, 1.82) is 0 Å². The number of aliphatic hydroxyl groups is 2. The number of likely N-dealkylation sites (N-methyl/N-ethyl adjacent to an activating group) is 1.